The first kappa shape index (κ1) is 91.3. The number of halogens is 4. The minimum absolute atomic E-state index is 0.152. The van der Waals surface area contributed by atoms with Gasteiger partial charge in [-0.25, -0.2) is 9.97 Å². The lowest BCUT2D eigenvalue weighted by atomic mass is 10.1. The number of carbonyl (C=O) groups excluding carboxylic acids is 4. The van der Waals surface area contributed by atoms with Crippen molar-refractivity contribution in [1.82, 2.24) is 45.2 Å². The van der Waals surface area contributed by atoms with E-state index in [-0.39, 0.29) is 29.7 Å². The molecule has 2 aliphatic rings. The van der Waals surface area contributed by atoms with Gasteiger partial charge in [0.05, 0.1) is 68.2 Å². The Bertz CT molecular complexity index is 6130. The number of imidazole rings is 2. The third kappa shape index (κ3) is 26.8. The third-order valence-electron chi connectivity index (χ3n) is 20.5. The number of H-pyrrole nitrogens is 2. The number of amides is 4. The van der Waals surface area contributed by atoms with E-state index in [1.54, 1.807) is 189 Å². The van der Waals surface area contributed by atoms with E-state index in [1.807, 2.05) is 103 Å². The number of aryl methyl sites for hydroxylation is 1. The first-order valence-electron chi connectivity index (χ1n) is 41.4. The Hall–Kier alpha value is -14.4. The number of rotatable bonds is 28. The molecule has 0 radical (unpaired) electrons. The minimum atomic E-state index is -0.236. The average Bonchev–Trinajstić information content (AvgIpc) is 1.01. The topological polar surface area (TPSA) is 400 Å². The van der Waals surface area contributed by atoms with Crippen molar-refractivity contribution in [3.8, 4) is 45.0 Å². The molecular formula is C98H93Cl4N21O5. The van der Waals surface area contributed by atoms with Crippen LogP contribution in [-0.2, 0) is 17.6 Å². The summed E-state index contributed by atoms with van der Waals surface area (Å²) in [7, 11) is 0. The van der Waals surface area contributed by atoms with Gasteiger partial charge in [0.1, 0.15) is 23.3 Å². The summed E-state index contributed by atoms with van der Waals surface area (Å²) in [6.45, 7) is 4.30. The quantitative estimate of drug-likeness (QED) is 0.0123. The number of carbonyl (C=O) groups is 4. The zero-order chi connectivity index (χ0) is 89.4. The highest BCUT2D eigenvalue weighted by molar-refractivity contribution is 6.35. The SMILES string of the molecule is NC(=NCC1CCCO1)c1ccc(C(=O)Nc2ccc(Cl)c(-c3ccccn3)c2)cc1.NC(=NCCC1CCCN1)c1ccc(C(=O)Nc2ccc(Cl)c(-c3ccccn3)c2)cc1.NC(=NCCCc1cnc[nH]1)c1ccc(C(=O)Nc2ccc(Cl)c(-c3ccccn3)c2)cc1.NC(=NCCc1cnc[nH]1)c1ccc(C(=O)Nc2ccc(Cl)c(-c3ccccn3)c2)cc1. The first-order valence-corrected chi connectivity index (χ1v) is 42.9. The van der Waals surface area contributed by atoms with Crippen LogP contribution in [0.5, 0.6) is 0 Å². The molecule has 30 heteroatoms. The second kappa shape index (κ2) is 46.5. The Morgan fingerprint density at radius 3 is 1.03 bits per heavy atom. The number of pyridine rings is 4. The highest BCUT2D eigenvalue weighted by Crippen LogP contribution is 2.34. The zero-order valence-corrected chi connectivity index (χ0v) is 72.6. The van der Waals surface area contributed by atoms with Gasteiger partial charge in [-0.3, -0.25) is 59.1 Å². The number of aromatic amines is 2. The second-order valence-corrected chi connectivity index (χ2v) is 31.1. The van der Waals surface area contributed by atoms with E-state index in [0.717, 1.165) is 130 Å². The largest absolute Gasteiger partial charge is 0.384 e. The van der Waals surface area contributed by atoms with Gasteiger partial charge >= 0.3 is 0 Å². The number of aliphatic imine (C=N–C) groups is 4. The van der Waals surface area contributed by atoms with Crippen LogP contribution >= 0.6 is 46.4 Å². The normalized spacial score (nSPS) is 13.8. The number of ether oxygens (including phenoxy) is 1. The molecule has 0 spiro atoms. The summed E-state index contributed by atoms with van der Waals surface area (Å²) in [5.41, 5.74) is 40.2. The molecule has 0 bridgehead atoms. The minimum Gasteiger partial charge on any atom is -0.384 e. The van der Waals surface area contributed by atoms with Gasteiger partial charge in [-0.1, -0.05) is 119 Å². The van der Waals surface area contributed by atoms with Gasteiger partial charge in [-0.2, -0.15) is 0 Å². The molecule has 26 nitrogen and oxygen atoms in total. The van der Waals surface area contributed by atoms with Crippen LogP contribution in [0.25, 0.3) is 45.0 Å². The van der Waals surface area contributed by atoms with Gasteiger partial charge < -0.3 is 64.2 Å². The highest BCUT2D eigenvalue weighted by Gasteiger charge is 2.20. The van der Waals surface area contributed by atoms with Gasteiger partial charge in [-0.05, 0) is 221 Å². The van der Waals surface area contributed by atoms with E-state index >= 15 is 0 Å². The molecule has 4 amide bonds. The van der Waals surface area contributed by atoms with Crippen molar-refractivity contribution < 1.29 is 23.9 Å². The maximum absolute atomic E-state index is 12.7. The molecule has 2 aliphatic heterocycles. The average molecular weight is 1790 g/mol. The molecule has 14 aromatic rings. The molecule has 2 atom stereocenters. The van der Waals surface area contributed by atoms with E-state index in [4.69, 9.17) is 74.1 Å². The number of nitrogens with zero attached hydrogens (tertiary/aromatic N) is 10. The molecule has 8 aromatic carbocycles. The maximum Gasteiger partial charge on any atom is 0.255 e. The molecule has 0 aliphatic carbocycles. The van der Waals surface area contributed by atoms with Crippen LogP contribution in [0, 0.1) is 0 Å². The fourth-order valence-corrected chi connectivity index (χ4v) is 14.4. The molecule has 2 saturated heterocycles. The summed E-state index contributed by atoms with van der Waals surface area (Å²) in [4.78, 5) is 99.9. The number of amidine groups is 4. The van der Waals surface area contributed by atoms with E-state index < -0.39 is 0 Å². The lowest BCUT2D eigenvalue weighted by Gasteiger charge is -2.10. The van der Waals surface area contributed by atoms with Crippen LogP contribution < -0.4 is 49.5 Å². The van der Waals surface area contributed by atoms with Crippen LogP contribution in [0.15, 0.2) is 312 Å². The van der Waals surface area contributed by atoms with Gasteiger partial charge in [0.2, 0.25) is 0 Å². The van der Waals surface area contributed by atoms with E-state index in [0.29, 0.717) is 121 Å². The van der Waals surface area contributed by atoms with Crippen molar-refractivity contribution in [1.29, 1.82) is 0 Å². The number of hydrogen-bond acceptors (Lipinski definition) is 16. The predicted octanol–water partition coefficient (Wildman–Crippen LogP) is 18.1. The van der Waals surface area contributed by atoms with E-state index in [1.165, 1.54) is 12.8 Å². The summed E-state index contributed by atoms with van der Waals surface area (Å²) < 4.78 is 5.56. The van der Waals surface area contributed by atoms with Crippen LogP contribution in [0.1, 0.15) is 114 Å². The Morgan fingerprint density at radius 1 is 0.383 bits per heavy atom. The van der Waals surface area contributed by atoms with Crippen LogP contribution in [0.3, 0.4) is 0 Å². The maximum atomic E-state index is 12.7. The summed E-state index contributed by atoms with van der Waals surface area (Å²) in [5.74, 6) is 0.905. The Balaban J connectivity index is 0.000000146. The van der Waals surface area contributed by atoms with Crippen molar-refractivity contribution in [2.75, 3.05) is 60.6 Å². The van der Waals surface area contributed by atoms with Crippen molar-refractivity contribution in [3.05, 3.63) is 368 Å². The molecule has 16 rings (SSSR count). The van der Waals surface area contributed by atoms with Gasteiger partial charge in [0, 0.05) is 177 Å². The highest BCUT2D eigenvalue weighted by atomic mass is 35.5. The molecular weight excluding hydrogens is 1690 g/mol. The Labute approximate surface area is 760 Å². The number of nitrogens with two attached hydrogens (primary N) is 4. The van der Waals surface area contributed by atoms with E-state index in [2.05, 4.69) is 86.4 Å². The fraction of sp³-hybridized carbons (Fsp3) is 0.163. The van der Waals surface area contributed by atoms with Crippen LogP contribution in [-0.4, -0.2) is 138 Å². The molecule has 648 valence electrons. The Kier molecular flexibility index (Phi) is 33.2. The Morgan fingerprint density at radius 2 is 0.719 bits per heavy atom. The standard InChI is InChI=1S/C25H23ClN6O.C25H26ClN5O.C24H21ClN6O.C24H23ClN4O2/c26-22-11-10-19(14-21(22)23-5-1-2-12-29-23)32-25(33)18-8-6-17(7-9-18)24(27)30-13-3-4-20-15-28-16-31-20;26-22-11-10-20(16-21(22)23-5-1-2-13-29-23)31-25(32)18-8-6-17(7-9-18)24(27)30-15-12-19-4-3-14-28-19;25-21-9-8-18(13-20(21)22-3-1-2-11-28-22)31-24(32)17-6-4-16(5-7-17)23(26)29-12-10-19-14-27-15-30-19;25-21-11-10-18(14-20(21)22-5-1-2-12-27-22)29-24(30)17-8-6-16(7-9-17)23(26)28-15-19-4-3-13-31-19/h1-2,5-12,14-16H,3-4,13H2,(H2,27,30)(H,28,31)(H,32,33);1-2,5-11,13,16,19,28H,3-4,12,14-15H2,(H2,27,30)(H,31,32);1-9,11,13-15H,10,12H2,(H2,26,29)(H,27,30)(H,31,32);1-2,5-12,14,19H,3-4,13,15H2,(H2,26,28)(H,29,30). The number of benzene rings is 8. The molecule has 2 fully saturated rings. The van der Waals surface area contributed by atoms with Gasteiger partial charge in [-0.15, -0.1) is 0 Å². The summed E-state index contributed by atoms with van der Waals surface area (Å²) in [5, 5.41) is 17.4. The second-order valence-electron chi connectivity index (χ2n) is 29.5. The number of hydrogen-bond donors (Lipinski definition) is 11. The predicted molar refractivity (Wildman–Crippen MR) is 512 cm³/mol. The van der Waals surface area contributed by atoms with E-state index in [9.17, 15) is 19.2 Å². The summed E-state index contributed by atoms with van der Waals surface area (Å²) in [6, 6.07) is 72.5. The van der Waals surface area contributed by atoms with Gasteiger partial charge in [0.25, 0.3) is 23.6 Å². The lowest BCUT2D eigenvalue weighted by Crippen LogP contribution is -2.23. The molecule has 6 aromatic heterocycles. The first-order chi connectivity index (χ1) is 62.4. The van der Waals surface area contributed by atoms with Crippen molar-refractivity contribution >= 4 is 116 Å². The lowest BCUT2D eigenvalue weighted by molar-refractivity contribution is 0.101. The van der Waals surface area contributed by atoms with Gasteiger partial charge in [0.15, 0.2) is 0 Å². The van der Waals surface area contributed by atoms with Crippen molar-refractivity contribution in [2.24, 2.45) is 42.9 Å². The smallest absolute Gasteiger partial charge is 0.255 e. The molecule has 0 saturated carbocycles. The van der Waals surface area contributed by atoms with Crippen LogP contribution in [0.4, 0.5) is 22.7 Å². The zero-order valence-electron chi connectivity index (χ0n) is 69.6. The van der Waals surface area contributed by atoms with Crippen molar-refractivity contribution in [2.45, 2.75) is 63.5 Å². The number of aromatic nitrogens is 8. The van der Waals surface area contributed by atoms with Crippen molar-refractivity contribution in [3.63, 3.8) is 0 Å². The summed E-state index contributed by atoms with van der Waals surface area (Å²) >= 11 is 25.3. The number of anilines is 4. The van der Waals surface area contributed by atoms with Crippen LogP contribution in [0.2, 0.25) is 20.1 Å². The molecule has 8 heterocycles. The number of nitrogens with one attached hydrogen (secondary N) is 7. The molecule has 128 heavy (non-hydrogen) atoms. The summed E-state index contributed by atoms with van der Waals surface area (Å²) in [6.07, 6.45) is 21.8. The monoisotopic (exact) mass is 1780 g/mol. The fourth-order valence-electron chi connectivity index (χ4n) is 13.6. The third-order valence-corrected chi connectivity index (χ3v) is 21.8. The molecule has 2 unspecified atom stereocenters. The molecule has 15 N–H and O–H groups in total.